The molecule has 3 aromatic rings. The maximum absolute atomic E-state index is 12.3. The van der Waals surface area contributed by atoms with E-state index in [2.05, 4.69) is 5.32 Å². The summed E-state index contributed by atoms with van der Waals surface area (Å²) in [4.78, 5) is 22.7. The lowest BCUT2D eigenvalue weighted by atomic mass is 10.1. The van der Waals surface area contributed by atoms with Crippen LogP contribution in [-0.4, -0.2) is 22.5 Å². The number of nitro benzene ring substituents is 1. The summed E-state index contributed by atoms with van der Waals surface area (Å²) >= 11 is 0. The lowest BCUT2D eigenvalue weighted by molar-refractivity contribution is -0.385. The molecule has 0 fully saturated rings. The molecule has 0 bridgehead atoms. The average Bonchev–Trinajstić information content (AvgIpc) is 3.17. The van der Waals surface area contributed by atoms with Gasteiger partial charge in [0, 0.05) is 17.3 Å². The first-order chi connectivity index (χ1) is 13.5. The molecule has 1 amide bonds. The molecule has 0 radical (unpaired) electrons. The first-order valence-electron chi connectivity index (χ1n) is 8.44. The normalized spacial score (nSPS) is 10.5. The number of aliphatic hydroxyl groups is 1. The SMILES string of the molecule is Cc1ccc(-c2ccc(CO)o2)cc1NC(=O)COc1ccccc1[N+](=O)[O-]. The lowest BCUT2D eigenvalue weighted by Gasteiger charge is -2.11. The van der Waals surface area contributed by atoms with Gasteiger partial charge in [0.1, 0.15) is 18.1 Å². The zero-order chi connectivity index (χ0) is 20.1. The van der Waals surface area contributed by atoms with Gasteiger partial charge in [-0.05, 0) is 36.8 Å². The van der Waals surface area contributed by atoms with Crippen LogP contribution in [0.25, 0.3) is 11.3 Å². The Morgan fingerprint density at radius 3 is 2.71 bits per heavy atom. The van der Waals surface area contributed by atoms with Crippen molar-refractivity contribution in [3.05, 3.63) is 76.0 Å². The maximum atomic E-state index is 12.3. The molecule has 0 aliphatic rings. The Bertz CT molecular complexity index is 1010. The van der Waals surface area contributed by atoms with Gasteiger partial charge in [-0.25, -0.2) is 0 Å². The van der Waals surface area contributed by atoms with Gasteiger partial charge in [0.25, 0.3) is 5.91 Å². The van der Waals surface area contributed by atoms with Crippen molar-refractivity contribution in [3.63, 3.8) is 0 Å². The maximum Gasteiger partial charge on any atom is 0.310 e. The third kappa shape index (κ3) is 4.36. The number of benzene rings is 2. The van der Waals surface area contributed by atoms with Crippen molar-refractivity contribution >= 4 is 17.3 Å². The molecule has 1 heterocycles. The van der Waals surface area contributed by atoms with E-state index >= 15 is 0 Å². The van der Waals surface area contributed by atoms with Gasteiger partial charge in [0.2, 0.25) is 0 Å². The van der Waals surface area contributed by atoms with Crippen molar-refractivity contribution in [1.29, 1.82) is 0 Å². The molecule has 0 aliphatic heterocycles. The molecule has 28 heavy (non-hydrogen) atoms. The Morgan fingerprint density at radius 1 is 1.21 bits per heavy atom. The highest BCUT2D eigenvalue weighted by Crippen LogP contribution is 2.28. The van der Waals surface area contributed by atoms with E-state index in [1.807, 2.05) is 19.1 Å². The summed E-state index contributed by atoms with van der Waals surface area (Å²) in [7, 11) is 0. The molecule has 1 aromatic heterocycles. The molecule has 0 saturated heterocycles. The number of carbonyl (C=O) groups excluding carboxylic acids is 1. The summed E-state index contributed by atoms with van der Waals surface area (Å²) < 4.78 is 10.8. The van der Waals surface area contributed by atoms with Crippen LogP contribution in [0.1, 0.15) is 11.3 Å². The van der Waals surface area contributed by atoms with E-state index in [0.29, 0.717) is 17.2 Å². The summed E-state index contributed by atoms with van der Waals surface area (Å²) in [6.07, 6.45) is 0. The van der Waals surface area contributed by atoms with Crippen molar-refractivity contribution in [3.8, 4) is 17.1 Å². The van der Waals surface area contributed by atoms with E-state index < -0.39 is 10.8 Å². The number of para-hydroxylation sites is 2. The van der Waals surface area contributed by atoms with Crippen molar-refractivity contribution in [2.75, 3.05) is 11.9 Å². The number of carbonyl (C=O) groups is 1. The molecule has 0 aliphatic carbocycles. The number of nitrogens with zero attached hydrogens (tertiary/aromatic N) is 1. The molecular weight excluding hydrogens is 364 g/mol. The Morgan fingerprint density at radius 2 is 2.00 bits per heavy atom. The van der Waals surface area contributed by atoms with Crippen LogP contribution >= 0.6 is 0 Å². The minimum atomic E-state index is -0.565. The number of hydrogen-bond donors (Lipinski definition) is 2. The molecular formula is C20H18N2O6. The van der Waals surface area contributed by atoms with Crippen LogP contribution in [0.2, 0.25) is 0 Å². The molecule has 8 nitrogen and oxygen atoms in total. The van der Waals surface area contributed by atoms with E-state index in [4.69, 9.17) is 14.3 Å². The number of anilines is 1. The number of nitrogens with one attached hydrogen (secondary N) is 1. The second kappa shape index (κ2) is 8.36. The molecule has 0 unspecified atom stereocenters. The predicted octanol–water partition coefficient (Wildman–Crippen LogP) is 3.67. The van der Waals surface area contributed by atoms with Gasteiger partial charge in [-0.1, -0.05) is 24.3 Å². The quantitative estimate of drug-likeness (QED) is 0.476. The van der Waals surface area contributed by atoms with E-state index in [-0.39, 0.29) is 24.7 Å². The van der Waals surface area contributed by atoms with E-state index in [1.165, 1.54) is 18.2 Å². The average molecular weight is 382 g/mol. The van der Waals surface area contributed by atoms with Crippen molar-refractivity contribution in [2.45, 2.75) is 13.5 Å². The minimum absolute atomic E-state index is 0.0280. The number of nitro groups is 1. The zero-order valence-corrected chi connectivity index (χ0v) is 15.0. The first kappa shape index (κ1) is 19.1. The third-order valence-corrected chi connectivity index (χ3v) is 4.03. The molecule has 2 N–H and O–H groups in total. The van der Waals surface area contributed by atoms with E-state index in [9.17, 15) is 14.9 Å². The lowest BCUT2D eigenvalue weighted by Crippen LogP contribution is -2.21. The molecule has 0 spiro atoms. The summed E-state index contributed by atoms with van der Waals surface area (Å²) in [5.41, 5.74) is 1.93. The van der Waals surface area contributed by atoms with Crippen LogP contribution in [-0.2, 0) is 11.4 Å². The number of hydrogen-bond acceptors (Lipinski definition) is 6. The number of furan rings is 1. The minimum Gasteiger partial charge on any atom is -0.477 e. The molecule has 2 aromatic carbocycles. The number of ether oxygens (including phenoxy) is 1. The van der Waals surface area contributed by atoms with E-state index in [0.717, 1.165) is 11.1 Å². The van der Waals surface area contributed by atoms with Gasteiger partial charge in [-0.15, -0.1) is 0 Å². The van der Waals surface area contributed by atoms with Gasteiger partial charge in [0.15, 0.2) is 12.4 Å². The second-order valence-electron chi connectivity index (χ2n) is 6.02. The fourth-order valence-corrected chi connectivity index (χ4v) is 2.59. The Labute approximate surface area is 160 Å². The number of rotatable bonds is 7. The predicted molar refractivity (Wildman–Crippen MR) is 102 cm³/mol. The van der Waals surface area contributed by atoms with Crippen LogP contribution in [0.5, 0.6) is 5.75 Å². The summed E-state index contributed by atoms with van der Waals surface area (Å²) in [5, 5.41) is 22.8. The summed E-state index contributed by atoms with van der Waals surface area (Å²) in [5.74, 6) is 0.587. The van der Waals surface area contributed by atoms with Gasteiger partial charge in [-0.2, -0.15) is 0 Å². The topological polar surface area (TPSA) is 115 Å². The zero-order valence-electron chi connectivity index (χ0n) is 15.0. The molecule has 0 saturated carbocycles. The highest BCUT2D eigenvalue weighted by atomic mass is 16.6. The largest absolute Gasteiger partial charge is 0.477 e. The number of aliphatic hydroxyl groups excluding tert-OH is 1. The Hall–Kier alpha value is -3.65. The van der Waals surface area contributed by atoms with Crippen LogP contribution in [0.15, 0.2) is 59.0 Å². The molecule has 144 valence electrons. The second-order valence-corrected chi connectivity index (χ2v) is 6.02. The van der Waals surface area contributed by atoms with Gasteiger partial charge in [0.05, 0.1) is 4.92 Å². The van der Waals surface area contributed by atoms with Crippen LogP contribution in [0.3, 0.4) is 0 Å². The molecule has 0 atom stereocenters. The Balaban J connectivity index is 1.70. The van der Waals surface area contributed by atoms with E-state index in [1.54, 1.807) is 24.3 Å². The first-order valence-corrected chi connectivity index (χ1v) is 8.44. The highest BCUT2D eigenvalue weighted by Gasteiger charge is 2.15. The van der Waals surface area contributed by atoms with Crippen LogP contribution in [0, 0.1) is 17.0 Å². The third-order valence-electron chi connectivity index (χ3n) is 4.03. The standard InChI is InChI=1S/C20H18N2O6/c1-13-6-7-14(18-9-8-15(11-23)28-18)10-16(13)21-20(24)12-27-19-5-3-2-4-17(19)22(25)26/h2-10,23H,11-12H2,1H3,(H,21,24). The number of aryl methyl sites for hydroxylation is 1. The smallest absolute Gasteiger partial charge is 0.310 e. The fraction of sp³-hybridized carbons (Fsp3) is 0.150. The van der Waals surface area contributed by atoms with Crippen LogP contribution in [0.4, 0.5) is 11.4 Å². The van der Waals surface area contributed by atoms with Crippen LogP contribution < -0.4 is 10.1 Å². The van der Waals surface area contributed by atoms with Gasteiger partial charge in [-0.3, -0.25) is 14.9 Å². The van der Waals surface area contributed by atoms with Crippen molar-refractivity contribution in [1.82, 2.24) is 0 Å². The number of amides is 1. The molecule has 3 rings (SSSR count). The summed E-state index contributed by atoms with van der Waals surface area (Å²) in [6, 6.07) is 14.7. The monoisotopic (exact) mass is 382 g/mol. The Kier molecular flexibility index (Phi) is 5.71. The molecule has 8 heteroatoms. The fourth-order valence-electron chi connectivity index (χ4n) is 2.59. The van der Waals surface area contributed by atoms with Gasteiger partial charge >= 0.3 is 5.69 Å². The van der Waals surface area contributed by atoms with Crippen molar-refractivity contribution in [2.24, 2.45) is 0 Å². The highest BCUT2D eigenvalue weighted by molar-refractivity contribution is 5.93. The summed E-state index contributed by atoms with van der Waals surface area (Å²) in [6.45, 7) is 1.27. The van der Waals surface area contributed by atoms with Crippen molar-refractivity contribution < 1.29 is 24.0 Å². The van der Waals surface area contributed by atoms with Gasteiger partial charge < -0.3 is 19.6 Å².